The number of para-hydroxylation sites is 1. The van der Waals surface area contributed by atoms with E-state index in [-0.39, 0.29) is 11.9 Å². The molecular formula is C32H36N4O4. The summed E-state index contributed by atoms with van der Waals surface area (Å²) in [4.78, 5) is 21.8. The maximum atomic E-state index is 12.7. The van der Waals surface area contributed by atoms with Crippen molar-refractivity contribution in [3.63, 3.8) is 0 Å². The maximum absolute atomic E-state index is 12.7. The average Bonchev–Trinajstić information content (AvgIpc) is 3.47. The van der Waals surface area contributed by atoms with Crippen LogP contribution in [-0.2, 0) is 17.8 Å². The minimum Gasteiger partial charge on any atom is -0.457 e. The van der Waals surface area contributed by atoms with E-state index < -0.39 is 0 Å². The van der Waals surface area contributed by atoms with E-state index in [9.17, 15) is 4.79 Å². The van der Waals surface area contributed by atoms with E-state index in [1.54, 1.807) is 0 Å². The second-order valence-corrected chi connectivity index (χ2v) is 9.89. The van der Waals surface area contributed by atoms with Gasteiger partial charge in [0.05, 0.1) is 19.8 Å². The van der Waals surface area contributed by atoms with Gasteiger partial charge in [0.1, 0.15) is 17.8 Å². The quantitative estimate of drug-likeness (QED) is 0.261. The molecule has 1 amide bonds. The van der Waals surface area contributed by atoms with Crippen molar-refractivity contribution in [2.75, 3.05) is 39.4 Å². The molecule has 5 rings (SSSR count). The monoisotopic (exact) mass is 540 g/mol. The van der Waals surface area contributed by atoms with E-state index in [4.69, 9.17) is 13.9 Å². The fourth-order valence-corrected chi connectivity index (χ4v) is 4.74. The van der Waals surface area contributed by atoms with Crippen LogP contribution in [0.2, 0.25) is 0 Å². The number of aromatic nitrogens is 1. The number of nitrogens with zero attached hydrogens (tertiary/aromatic N) is 3. The van der Waals surface area contributed by atoms with Crippen molar-refractivity contribution < 1.29 is 18.7 Å². The molecular weight excluding hydrogens is 504 g/mol. The summed E-state index contributed by atoms with van der Waals surface area (Å²) in [6.07, 6.45) is 1.44. The number of amides is 1. The number of morpholine rings is 1. The summed E-state index contributed by atoms with van der Waals surface area (Å²) in [6.45, 7) is 7.86. The molecule has 8 heteroatoms. The van der Waals surface area contributed by atoms with Crippen molar-refractivity contribution in [2.45, 2.75) is 26.1 Å². The van der Waals surface area contributed by atoms with Crippen LogP contribution in [0.25, 0.3) is 0 Å². The van der Waals surface area contributed by atoms with E-state index in [1.165, 1.54) is 11.8 Å². The Bertz CT molecular complexity index is 1340. The largest absolute Gasteiger partial charge is 0.457 e. The van der Waals surface area contributed by atoms with Gasteiger partial charge in [-0.2, -0.15) is 0 Å². The Morgan fingerprint density at radius 3 is 2.48 bits per heavy atom. The molecule has 4 aromatic rings. The van der Waals surface area contributed by atoms with Gasteiger partial charge >= 0.3 is 0 Å². The van der Waals surface area contributed by atoms with Crippen LogP contribution in [0.15, 0.2) is 95.6 Å². The summed E-state index contributed by atoms with van der Waals surface area (Å²) in [5, 5.41) is 2.96. The van der Waals surface area contributed by atoms with Crippen LogP contribution in [0.4, 0.5) is 0 Å². The third-order valence-electron chi connectivity index (χ3n) is 7.03. The Kier molecular flexibility index (Phi) is 9.58. The Morgan fingerprint density at radius 2 is 1.70 bits per heavy atom. The van der Waals surface area contributed by atoms with Gasteiger partial charge in [-0.15, -0.1) is 0 Å². The van der Waals surface area contributed by atoms with Crippen molar-refractivity contribution in [1.82, 2.24) is 20.1 Å². The number of oxazole rings is 1. The molecule has 1 saturated heterocycles. The molecule has 208 valence electrons. The molecule has 1 aliphatic heterocycles. The highest BCUT2D eigenvalue weighted by Crippen LogP contribution is 2.27. The van der Waals surface area contributed by atoms with Gasteiger partial charge in [-0.3, -0.25) is 14.6 Å². The molecule has 8 nitrogen and oxygen atoms in total. The Labute approximate surface area is 235 Å². The molecule has 0 radical (unpaired) electrons. The lowest BCUT2D eigenvalue weighted by molar-refractivity contribution is 0.0383. The summed E-state index contributed by atoms with van der Waals surface area (Å²) in [7, 11) is 0. The second-order valence-electron chi connectivity index (χ2n) is 9.89. The first kappa shape index (κ1) is 27.6. The van der Waals surface area contributed by atoms with E-state index in [1.807, 2.05) is 60.7 Å². The van der Waals surface area contributed by atoms with Crippen LogP contribution in [0.5, 0.6) is 11.5 Å². The van der Waals surface area contributed by atoms with Gasteiger partial charge in [0.25, 0.3) is 5.91 Å². The SMILES string of the molecule is C[C@@H](c1ccccc1)N(Cc1cccc(Oc2ccccc2)c1)Cc1nc(C(=O)NCCN2CCOCC2)co1. The van der Waals surface area contributed by atoms with Gasteiger partial charge in [-0.25, -0.2) is 4.98 Å². The summed E-state index contributed by atoms with van der Waals surface area (Å²) in [5.74, 6) is 1.85. The third kappa shape index (κ3) is 7.79. The maximum Gasteiger partial charge on any atom is 0.273 e. The van der Waals surface area contributed by atoms with Gasteiger partial charge in [-0.05, 0) is 42.3 Å². The first-order valence-electron chi connectivity index (χ1n) is 13.8. The minimum atomic E-state index is -0.225. The molecule has 0 unspecified atom stereocenters. The lowest BCUT2D eigenvalue weighted by Gasteiger charge is -2.28. The van der Waals surface area contributed by atoms with Gasteiger partial charge in [0.15, 0.2) is 5.69 Å². The highest BCUT2D eigenvalue weighted by Gasteiger charge is 2.21. The van der Waals surface area contributed by atoms with Gasteiger partial charge in [-0.1, -0.05) is 60.7 Å². The van der Waals surface area contributed by atoms with E-state index in [2.05, 4.69) is 51.3 Å². The van der Waals surface area contributed by atoms with E-state index >= 15 is 0 Å². The number of hydrogen-bond donors (Lipinski definition) is 1. The van der Waals surface area contributed by atoms with Crippen LogP contribution < -0.4 is 10.1 Å². The van der Waals surface area contributed by atoms with E-state index in [0.717, 1.165) is 49.9 Å². The Morgan fingerprint density at radius 1 is 0.975 bits per heavy atom. The number of carbonyl (C=O) groups is 1. The van der Waals surface area contributed by atoms with Crippen LogP contribution in [0, 0.1) is 0 Å². The zero-order chi connectivity index (χ0) is 27.6. The molecule has 40 heavy (non-hydrogen) atoms. The van der Waals surface area contributed by atoms with E-state index in [0.29, 0.717) is 31.2 Å². The number of benzene rings is 3. The molecule has 1 fully saturated rings. The zero-order valence-electron chi connectivity index (χ0n) is 22.9. The van der Waals surface area contributed by atoms with Crippen LogP contribution in [0.3, 0.4) is 0 Å². The summed E-state index contributed by atoms with van der Waals surface area (Å²) in [5.41, 5.74) is 2.58. The molecule has 0 bridgehead atoms. The minimum absolute atomic E-state index is 0.0811. The fourth-order valence-electron chi connectivity index (χ4n) is 4.74. The molecule has 1 atom stereocenters. The van der Waals surface area contributed by atoms with Gasteiger partial charge in [0, 0.05) is 38.8 Å². The third-order valence-corrected chi connectivity index (χ3v) is 7.03. The molecule has 0 aliphatic carbocycles. The molecule has 2 heterocycles. The summed E-state index contributed by atoms with van der Waals surface area (Å²) >= 11 is 0. The number of nitrogens with one attached hydrogen (secondary N) is 1. The van der Waals surface area contributed by atoms with Crippen LogP contribution >= 0.6 is 0 Å². The van der Waals surface area contributed by atoms with Crippen LogP contribution in [0.1, 0.15) is 40.5 Å². The highest BCUT2D eigenvalue weighted by molar-refractivity contribution is 5.91. The number of rotatable bonds is 12. The summed E-state index contributed by atoms with van der Waals surface area (Å²) < 4.78 is 17.2. The van der Waals surface area contributed by atoms with Crippen molar-refractivity contribution >= 4 is 5.91 Å². The summed E-state index contributed by atoms with van der Waals surface area (Å²) in [6, 6.07) is 28.3. The smallest absolute Gasteiger partial charge is 0.273 e. The number of hydrogen-bond acceptors (Lipinski definition) is 7. The number of ether oxygens (including phenoxy) is 2. The van der Waals surface area contributed by atoms with Crippen molar-refractivity contribution in [3.8, 4) is 11.5 Å². The Balaban J connectivity index is 1.25. The molecule has 1 aromatic heterocycles. The topological polar surface area (TPSA) is 80.1 Å². The highest BCUT2D eigenvalue weighted by atomic mass is 16.5. The van der Waals surface area contributed by atoms with Crippen LogP contribution in [-0.4, -0.2) is 60.1 Å². The first-order valence-corrected chi connectivity index (χ1v) is 13.8. The van der Waals surface area contributed by atoms with Gasteiger partial charge < -0.3 is 19.2 Å². The molecule has 0 spiro atoms. The molecule has 1 N–H and O–H groups in total. The molecule has 0 saturated carbocycles. The molecule has 3 aromatic carbocycles. The van der Waals surface area contributed by atoms with Crippen molar-refractivity contribution in [1.29, 1.82) is 0 Å². The Hall–Kier alpha value is -3.98. The average molecular weight is 541 g/mol. The fraction of sp³-hybridized carbons (Fsp3) is 0.312. The van der Waals surface area contributed by atoms with Crippen molar-refractivity contribution in [3.05, 3.63) is 114 Å². The zero-order valence-corrected chi connectivity index (χ0v) is 22.9. The first-order chi connectivity index (χ1) is 19.6. The molecule has 1 aliphatic rings. The lowest BCUT2D eigenvalue weighted by atomic mass is 10.1. The van der Waals surface area contributed by atoms with Crippen molar-refractivity contribution in [2.24, 2.45) is 0 Å². The second kappa shape index (κ2) is 13.9. The predicted molar refractivity (Wildman–Crippen MR) is 153 cm³/mol. The normalized spacial score (nSPS) is 14.7. The number of carbonyl (C=O) groups excluding carboxylic acids is 1. The predicted octanol–water partition coefficient (Wildman–Crippen LogP) is 5.29. The van der Waals surface area contributed by atoms with Gasteiger partial charge in [0.2, 0.25) is 5.89 Å². The standard InChI is InChI=1S/C32H36N4O4/c1-25(27-10-4-2-5-11-27)36(22-26-9-8-14-29(21-26)40-28-12-6-3-7-13-28)23-31-34-30(24-39-31)32(37)33-15-16-35-17-19-38-20-18-35/h2-14,21,24-25H,15-20,22-23H2,1H3,(H,33,37)/t25-/m0/s1. The lowest BCUT2D eigenvalue weighted by Crippen LogP contribution is -2.41.